The molecule has 0 bridgehead atoms. The Labute approximate surface area is 89.9 Å². The Kier molecular flexibility index (Phi) is 6.44. The molecule has 0 saturated heterocycles. The van der Waals surface area contributed by atoms with Gasteiger partial charge in [-0.05, 0) is 13.8 Å². The lowest BCUT2D eigenvalue weighted by molar-refractivity contribution is -0.154. The van der Waals surface area contributed by atoms with Crippen molar-refractivity contribution in [3.05, 3.63) is 0 Å². The molecular formula is C8H12BrFO4. The number of rotatable bonds is 5. The number of carbonyl (C=O) groups excluding carboxylic acids is 2. The quantitative estimate of drug-likeness (QED) is 0.557. The maximum atomic E-state index is 13.1. The second kappa shape index (κ2) is 6.75. The zero-order valence-electron chi connectivity index (χ0n) is 7.96. The molecule has 0 heterocycles. The van der Waals surface area contributed by atoms with Gasteiger partial charge in [0.1, 0.15) is 0 Å². The highest BCUT2D eigenvalue weighted by atomic mass is 79.9. The van der Waals surface area contributed by atoms with Gasteiger partial charge in [-0.3, -0.25) is 4.79 Å². The SMILES string of the molecule is CCOC(=O)[C@H](F)[C@@H](Br)C(=O)OCC. The van der Waals surface area contributed by atoms with Crippen molar-refractivity contribution in [2.24, 2.45) is 0 Å². The Bertz CT molecular complexity index is 188. The summed E-state index contributed by atoms with van der Waals surface area (Å²) < 4.78 is 22.0. The smallest absolute Gasteiger partial charge is 0.342 e. The number of halogens is 2. The monoisotopic (exact) mass is 270 g/mol. The van der Waals surface area contributed by atoms with Crippen LogP contribution in [0.2, 0.25) is 0 Å². The molecule has 0 spiro atoms. The second-order valence-corrected chi connectivity index (χ2v) is 3.29. The molecule has 0 aliphatic carbocycles. The lowest BCUT2D eigenvalue weighted by atomic mass is 10.3. The molecule has 0 N–H and O–H groups in total. The Morgan fingerprint density at radius 3 is 2.07 bits per heavy atom. The standard InChI is InChI=1S/C8H12BrFO4/c1-3-13-7(11)5(9)6(10)8(12)14-4-2/h5-6H,3-4H2,1-2H3/t5-,6-/m1/s1. The van der Waals surface area contributed by atoms with E-state index < -0.39 is 22.9 Å². The van der Waals surface area contributed by atoms with Gasteiger partial charge < -0.3 is 9.47 Å². The van der Waals surface area contributed by atoms with Gasteiger partial charge in [-0.1, -0.05) is 15.9 Å². The molecule has 2 atom stereocenters. The Balaban J connectivity index is 4.16. The van der Waals surface area contributed by atoms with Gasteiger partial charge in [-0.15, -0.1) is 0 Å². The van der Waals surface area contributed by atoms with Crippen LogP contribution < -0.4 is 0 Å². The van der Waals surface area contributed by atoms with E-state index in [2.05, 4.69) is 25.4 Å². The third kappa shape index (κ3) is 4.04. The highest BCUT2D eigenvalue weighted by Gasteiger charge is 2.33. The highest BCUT2D eigenvalue weighted by molar-refractivity contribution is 9.10. The number of ether oxygens (including phenoxy) is 2. The van der Waals surface area contributed by atoms with Crippen LogP contribution in [0.4, 0.5) is 4.39 Å². The highest BCUT2D eigenvalue weighted by Crippen LogP contribution is 2.13. The first-order valence-electron chi connectivity index (χ1n) is 4.16. The van der Waals surface area contributed by atoms with Crippen LogP contribution in [0.3, 0.4) is 0 Å². The van der Waals surface area contributed by atoms with E-state index >= 15 is 0 Å². The summed E-state index contributed by atoms with van der Waals surface area (Å²) in [4.78, 5) is 20.5. The molecule has 0 fully saturated rings. The number of carbonyl (C=O) groups is 2. The van der Waals surface area contributed by atoms with Crippen LogP contribution in [0, 0.1) is 0 Å². The molecule has 0 aliphatic rings. The summed E-state index contributed by atoms with van der Waals surface area (Å²) in [6.07, 6.45) is -2.03. The average Bonchev–Trinajstić information content (AvgIpc) is 2.16. The van der Waals surface area contributed by atoms with Crippen LogP contribution in [0.15, 0.2) is 0 Å². The van der Waals surface area contributed by atoms with E-state index in [1.165, 1.54) is 0 Å². The fourth-order valence-corrected chi connectivity index (χ4v) is 1.03. The minimum Gasteiger partial charge on any atom is -0.465 e. The van der Waals surface area contributed by atoms with Gasteiger partial charge in [0.15, 0.2) is 4.83 Å². The summed E-state index contributed by atoms with van der Waals surface area (Å²) in [5, 5.41) is 0. The fraction of sp³-hybridized carbons (Fsp3) is 0.750. The van der Waals surface area contributed by atoms with E-state index in [9.17, 15) is 14.0 Å². The second-order valence-electron chi connectivity index (χ2n) is 2.31. The predicted octanol–water partition coefficient (Wildman–Crippen LogP) is 1.21. The van der Waals surface area contributed by atoms with Crippen molar-refractivity contribution in [2.45, 2.75) is 24.8 Å². The van der Waals surface area contributed by atoms with Crippen LogP contribution in [0.1, 0.15) is 13.8 Å². The first-order valence-corrected chi connectivity index (χ1v) is 5.07. The van der Waals surface area contributed by atoms with Gasteiger partial charge in [0.05, 0.1) is 13.2 Å². The Morgan fingerprint density at radius 2 is 1.64 bits per heavy atom. The zero-order chi connectivity index (χ0) is 11.1. The minimum atomic E-state index is -2.03. The molecule has 6 heteroatoms. The molecule has 0 rings (SSSR count). The summed E-state index contributed by atoms with van der Waals surface area (Å²) in [5.41, 5.74) is 0. The van der Waals surface area contributed by atoms with Crippen molar-refractivity contribution in [1.29, 1.82) is 0 Å². The normalized spacial score (nSPS) is 14.3. The molecule has 0 aromatic rings. The van der Waals surface area contributed by atoms with Crippen molar-refractivity contribution in [2.75, 3.05) is 13.2 Å². The maximum Gasteiger partial charge on any atom is 0.342 e. The number of hydrogen-bond acceptors (Lipinski definition) is 4. The first-order chi connectivity index (χ1) is 6.54. The largest absolute Gasteiger partial charge is 0.465 e. The summed E-state index contributed by atoms with van der Waals surface area (Å²) in [6.45, 7) is 3.35. The molecule has 0 saturated carbocycles. The summed E-state index contributed by atoms with van der Waals surface area (Å²) in [6, 6.07) is 0. The number of esters is 2. The molecule has 82 valence electrons. The van der Waals surface area contributed by atoms with E-state index in [-0.39, 0.29) is 13.2 Å². The lowest BCUT2D eigenvalue weighted by Gasteiger charge is -2.12. The van der Waals surface area contributed by atoms with Crippen LogP contribution >= 0.6 is 15.9 Å². The molecule has 14 heavy (non-hydrogen) atoms. The molecule has 0 unspecified atom stereocenters. The molecule has 0 aromatic carbocycles. The third-order valence-electron chi connectivity index (χ3n) is 1.28. The van der Waals surface area contributed by atoms with E-state index in [1.54, 1.807) is 13.8 Å². The molecule has 0 aromatic heterocycles. The van der Waals surface area contributed by atoms with E-state index in [0.29, 0.717) is 0 Å². The molecule has 0 aliphatic heterocycles. The average molecular weight is 271 g/mol. The van der Waals surface area contributed by atoms with E-state index in [1.807, 2.05) is 0 Å². The third-order valence-corrected chi connectivity index (χ3v) is 2.12. The summed E-state index contributed by atoms with van der Waals surface area (Å²) in [5.74, 6) is -1.88. The van der Waals surface area contributed by atoms with Crippen molar-refractivity contribution in [3.8, 4) is 0 Å². The number of hydrogen-bond donors (Lipinski definition) is 0. The van der Waals surface area contributed by atoms with Gasteiger partial charge in [-0.25, -0.2) is 9.18 Å². The molecule has 4 nitrogen and oxygen atoms in total. The molecule has 0 amide bonds. The summed E-state index contributed by atoms with van der Waals surface area (Å²) in [7, 11) is 0. The van der Waals surface area contributed by atoms with Gasteiger partial charge in [0.25, 0.3) is 0 Å². The maximum absolute atomic E-state index is 13.1. The predicted molar refractivity (Wildman–Crippen MR) is 50.9 cm³/mol. The van der Waals surface area contributed by atoms with Gasteiger partial charge in [0, 0.05) is 0 Å². The van der Waals surface area contributed by atoms with Crippen LogP contribution in [0.25, 0.3) is 0 Å². The van der Waals surface area contributed by atoms with Crippen LogP contribution in [0.5, 0.6) is 0 Å². The van der Waals surface area contributed by atoms with Crippen molar-refractivity contribution >= 4 is 27.9 Å². The molecule has 0 radical (unpaired) electrons. The van der Waals surface area contributed by atoms with Gasteiger partial charge >= 0.3 is 11.9 Å². The lowest BCUT2D eigenvalue weighted by Crippen LogP contribution is -2.34. The molecular weight excluding hydrogens is 259 g/mol. The van der Waals surface area contributed by atoms with E-state index in [4.69, 9.17) is 0 Å². The van der Waals surface area contributed by atoms with Gasteiger partial charge in [-0.2, -0.15) is 0 Å². The van der Waals surface area contributed by atoms with Crippen molar-refractivity contribution in [1.82, 2.24) is 0 Å². The fourth-order valence-electron chi connectivity index (χ4n) is 0.683. The Morgan fingerprint density at radius 1 is 1.21 bits per heavy atom. The number of alkyl halides is 2. The van der Waals surface area contributed by atoms with Crippen LogP contribution in [-0.4, -0.2) is 36.2 Å². The first kappa shape index (κ1) is 13.4. The van der Waals surface area contributed by atoms with Crippen molar-refractivity contribution in [3.63, 3.8) is 0 Å². The van der Waals surface area contributed by atoms with Crippen LogP contribution in [-0.2, 0) is 19.1 Å². The minimum absolute atomic E-state index is 0.0712. The van der Waals surface area contributed by atoms with Crippen molar-refractivity contribution < 1.29 is 23.5 Å². The topological polar surface area (TPSA) is 52.6 Å². The zero-order valence-corrected chi connectivity index (χ0v) is 9.54. The van der Waals surface area contributed by atoms with E-state index in [0.717, 1.165) is 0 Å². The summed E-state index contributed by atoms with van der Waals surface area (Å²) >= 11 is 2.73. The van der Waals surface area contributed by atoms with Gasteiger partial charge in [0.2, 0.25) is 6.17 Å². The Hall–Kier alpha value is -0.650.